The Balaban J connectivity index is 2.07. The van der Waals surface area contributed by atoms with Gasteiger partial charge in [-0.3, -0.25) is 0 Å². The Labute approximate surface area is 91.2 Å². The lowest BCUT2D eigenvalue weighted by atomic mass is 10.2. The first-order chi connectivity index (χ1) is 7.83. The summed E-state index contributed by atoms with van der Waals surface area (Å²) in [7, 11) is 0. The van der Waals surface area contributed by atoms with Gasteiger partial charge >= 0.3 is 5.97 Å². The zero-order valence-electron chi connectivity index (χ0n) is 8.31. The summed E-state index contributed by atoms with van der Waals surface area (Å²) in [5.41, 5.74) is 2.35. The number of rotatable bonds is 1. The average molecular weight is 212 g/mol. The Bertz CT molecular complexity index is 590. The largest absolute Gasteiger partial charge is 0.367 e. The number of carbonyl (C=O) groups is 1. The van der Waals surface area contributed by atoms with E-state index < -0.39 is 5.97 Å². The van der Waals surface area contributed by atoms with E-state index in [2.05, 4.69) is 15.0 Å². The number of nitrogens with zero attached hydrogens (tertiary/aromatic N) is 1. The second kappa shape index (κ2) is 3.34. The van der Waals surface area contributed by atoms with Crippen molar-refractivity contribution in [2.24, 2.45) is 5.16 Å². The zero-order chi connectivity index (χ0) is 11.0. The number of hydrogen-bond donors (Lipinski definition) is 1. The summed E-state index contributed by atoms with van der Waals surface area (Å²) in [5.74, 6) is -0.418. The van der Waals surface area contributed by atoms with E-state index in [4.69, 9.17) is 0 Å². The summed E-state index contributed by atoms with van der Waals surface area (Å²) in [6.45, 7) is 0. The van der Waals surface area contributed by atoms with Crippen LogP contribution >= 0.6 is 0 Å². The molecule has 0 atom stereocenters. The van der Waals surface area contributed by atoms with Gasteiger partial charge in [-0.25, -0.2) is 4.79 Å². The number of oxime groups is 1. The molecule has 2 heterocycles. The Morgan fingerprint density at radius 1 is 1.31 bits per heavy atom. The number of carbonyl (C=O) groups excluding carboxylic acids is 1. The molecule has 3 rings (SSSR count). The van der Waals surface area contributed by atoms with Crippen molar-refractivity contribution in [2.75, 3.05) is 0 Å². The molecule has 1 aliphatic rings. The smallest absolute Gasteiger partial charge is 0.355 e. The van der Waals surface area contributed by atoms with Crippen molar-refractivity contribution in [1.29, 1.82) is 0 Å². The number of nitrogens with one attached hydrogen (secondary N) is 1. The molecule has 0 aliphatic carbocycles. The van der Waals surface area contributed by atoms with Crippen molar-refractivity contribution in [3.05, 3.63) is 41.6 Å². The van der Waals surface area contributed by atoms with Crippen LogP contribution in [0.15, 0.2) is 41.1 Å². The number of hydrogen-bond acceptors (Lipinski definition) is 3. The zero-order valence-corrected chi connectivity index (χ0v) is 8.31. The maximum atomic E-state index is 11.2. The summed E-state index contributed by atoms with van der Waals surface area (Å²) < 4.78 is 0. The fourth-order valence-corrected chi connectivity index (χ4v) is 1.67. The molecule has 16 heavy (non-hydrogen) atoms. The number of para-hydroxylation sites is 1. The minimum absolute atomic E-state index is 0.418. The van der Waals surface area contributed by atoms with E-state index >= 15 is 0 Å². The molecule has 4 nitrogen and oxygen atoms in total. The third-order valence-corrected chi connectivity index (χ3v) is 2.42. The highest BCUT2D eigenvalue weighted by molar-refractivity contribution is 6.15. The van der Waals surface area contributed by atoms with Crippen LogP contribution in [0.25, 0.3) is 17.0 Å². The third kappa shape index (κ3) is 1.40. The molecular weight excluding hydrogens is 204 g/mol. The number of aromatic nitrogens is 1. The van der Waals surface area contributed by atoms with Crippen molar-refractivity contribution in [2.45, 2.75) is 0 Å². The van der Waals surface area contributed by atoms with E-state index in [1.807, 2.05) is 30.3 Å². The summed E-state index contributed by atoms with van der Waals surface area (Å²) in [4.78, 5) is 18.8. The van der Waals surface area contributed by atoms with Crippen molar-refractivity contribution < 1.29 is 9.63 Å². The number of aromatic amines is 1. The molecule has 0 radical (unpaired) electrons. The second-order valence-corrected chi connectivity index (χ2v) is 3.52. The van der Waals surface area contributed by atoms with Gasteiger partial charge in [0, 0.05) is 11.2 Å². The molecule has 0 unspecified atom stereocenters. The maximum absolute atomic E-state index is 11.2. The first-order valence-electron chi connectivity index (χ1n) is 4.87. The molecule has 0 fully saturated rings. The molecule has 0 bridgehead atoms. The van der Waals surface area contributed by atoms with E-state index in [0.29, 0.717) is 5.57 Å². The van der Waals surface area contributed by atoms with Gasteiger partial charge in [0.15, 0.2) is 0 Å². The van der Waals surface area contributed by atoms with Crippen LogP contribution in [-0.2, 0) is 9.63 Å². The monoisotopic (exact) mass is 212 g/mol. The quantitative estimate of drug-likeness (QED) is 0.581. The number of fused-ring (bicyclic) bond motifs is 1. The minimum atomic E-state index is -0.418. The van der Waals surface area contributed by atoms with Crippen LogP contribution in [0.4, 0.5) is 0 Å². The maximum Gasteiger partial charge on any atom is 0.367 e. The summed E-state index contributed by atoms with van der Waals surface area (Å²) in [5, 5.41) is 4.55. The molecule has 1 aromatic heterocycles. The van der Waals surface area contributed by atoms with Gasteiger partial charge in [-0.2, -0.15) is 0 Å². The minimum Gasteiger partial charge on any atom is -0.355 e. The van der Waals surface area contributed by atoms with Crippen molar-refractivity contribution in [3.8, 4) is 0 Å². The van der Waals surface area contributed by atoms with Gasteiger partial charge in [0.05, 0.1) is 11.8 Å². The molecule has 0 saturated carbocycles. The van der Waals surface area contributed by atoms with E-state index in [1.165, 1.54) is 6.21 Å². The Morgan fingerprint density at radius 3 is 2.94 bits per heavy atom. The highest BCUT2D eigenvalue weighted by Gasteiger charge is 2.15. The molecule has 78 valence electrons. The Hall–Kier alpha value is -2.36. The third-order valence-electron chi connectivity index (χ3n) is 2.42. The van der Waals surface area contributed by atoms with Crippen LogP contribution < -0.4 is 0 Å². The molecule has 0 amide bonds. The lowest BCUT2D eigenvalue weighted by molar-refractivity contribution is -0.136. The first-order valence-corrected chi connectivity index (χ1v) is 4.87. The van der Waals surface area contributed by atoms with Crippen LogP contribution in [-0.4, -0.2) is 17.2 Å². The Kier molecular flexibility index (Phi) is 1.86. The average Bonchev–Trinajstić information content (AvgIpc) is 2.85. The molecule has 1 N–H and O–H groups in total. The van der Waals surface area contributed by atoms with Gasteiger partial charge in [0.2, 0.25) is 0 Å². The number of benzene rings is 1. The molecule has 1 aromatic carbocycles. The molecule has 4 heteroatoms. The SMILES string of the molecule is O=C1ON=CC1=Cc1cc2ccccc2[nH]1. The lowest BCUT2D eigenvalue weighted by Gasteiger charge is -1.88. The van der Waals surface area contributed by atoms with E-state index in [9.17, 15) is 4.79 Å². The highest BCUT2D eigenvalue weighted by atomic mass is 16.7. The van der Waals surface area contributed by atoms with E-state index in [0.717, 1.165) is 16.6 Å². The standard InChI is InChI=1S/C12H8N2O2/c15-12-9(7-13-16-12)6-10-5-8-3-1-2-4-11(8)14-10/h1-7,14H. The van der Waals surface area contributed by atoms with Crippen LogP contribution in [0.5, 0.6) is 0 Å². The van der Waals surface area contributed by atoms with Gasteiger partial charge < -0.3 is 9.82 Å². The van der Waals surface area contributed by atoms with Crippen LogP contribution in [0, 0.1) is 0 Å². The molecule has 1 aliphatic heterocycles. The number of H-pyrrole nitrogens is 1. The molecule has 0 saturated heterocycles. The van der Waals surface area contributed by atoms with E-state index in [1.54, 1.807) is 6.08 Å². The fraction of sp³-hybridized carbons (Fsp3) is 0. The highest BCUT2D eigenvalue weighted by Crippen LogP contribution is 2.17. The van der Waals surface area contributed by atoms with Crippen molar-refractivity contribution in [1.82, 2.24) is 4.98 Å². The van der Waals surface area contributed by atoms with Gasteiger partial charge in [0.1, 0.15) is 0 Å². The van der Waals surface area contributed by atoms with Crippen LogP contribution in [0.1, 0.15) is 5.69 Å². The van der Waals surface area contributed by atoms with Gasteiger partial charge in [0.25, 0.3) is 0 Å². The second-order valence-electron chi connectivity index (χ2n) is 3.52. The van der Waals surface area contributed by atoms with Crippen molar-refractivity contribution >= 4 is 29.2 Å². The predicted molar refractivity (Wildman–Crippen MR) is 60.9 cm³/mol. The normalized spacial score (nSPS) is 17.2. The van der Waals surface area contributed by atoms with Crippen LogP contribution in [0.3, 0.4) is 0 Å². The van der Waals surface area contributed by atoms with Gasteiger partial charge in [-0.05, 0) is 23.6 Å². The van der Waals surface area contributed by atoms with E-state index in [-0.39, 0.29) is 0 Å². The summed E-state index contributed by atoms with van der Waals surface area (Å²) >= 11 is 0. The first kappa shape index (κ1) is 8.91. The summed E-state index contributed by atoms with van der Waals surface area (Å²) in [6.07, 6.45) is 3.13. The topological polar surface area (TPSA) is 54.4 Å². The van der Waals surface area contributed by atoms with Crippen molar-refractivity contribution in [3.63, 3.8) is 0 Å². The molecule has 2 aromatic rings. The summed E-state index contributed by atoms with van der Waals surface area (Å²) in [6, 6.07) is 9.90. The fourth-order valence-electron chi connectivity index (χ4n) is 1.67. The lowest BCUT2D eigenvalue weighted by Crippen LogP contribution is -1.96. The van der Waals surface area contributed by atoms with Crippen LogP contribution in [0.2, 0.25) is 0 Å². The predicted octanol–water partition coefficient (Wildman–Crippen LogP) is 2.09. The molecular formula is C12H8N2O2. The Morgan fingerprint density at radius 2 is 2.19 bits per heavy atom. The molecule has 0 spiro atoms. The van der Waals surface area contributed by atoms with Gasteiger partial charge in [-0.1, -0.05) is 23.4 Å². The van der Waals surface area contributed by atoms with Gasteiger partial charge in [-0.15, -0.1) is 0 Å².